The number of rotatable bonds is 6. The Labute approximate surface area is 95.5 Å². The van der Waals surface area contributed by atoms with Gasteiger partial charge in [0.2, 0.25) is 0 Å². The van der Waals surface area contributed by atoms with Crippen molar-refractivity contribution in [3.63, 3.8) is 0 Å². The average molecular weight is 225 g/mol. The molecule has 84 valence electrons. The summed E-state index contributed by atoms with van der Waals surface area (Å²) in [5.41, 5.74) is 5.33. The Morgan fingerprint density at radius 2 is 2.33 bits per heavy atom. The summed E-state index contributed by atoms with van der Waals surface area (Å²) >= 11 is 1.71. The number of ketones is 1. The van der Waals surface area contributed by atoms with Gasteiger partial charge in [-0.1, -0.05) is 19.9 Å². The lowest BCUT2D eigenvalue weighted by Gasteiger charge is -2.24. The Morgan fingerprint density at radius 1 is 1.60 bits per heavy atom. The maximum atomic E-state index is 11.9. The van der Waals surface area contributed by atoms with Crippen molar-refractivity contribution in [2.75, 3.05) is 6.54 Å². The molecular weight excluding hydrogens is 206 g/mol. The molecule has 2 nitrogen and oxygen atoms in total. The topological polar surface area (TPSA) is 43.1 Å². The van der Waals surface area contributed by atoms with Gasteiger partial charge in [-0.15, -0.1) is 11.3 Å². The van der Waals surface area contributed by atoms with E-state index in [9.17, 15) is 4.79 Å². The number of hydrogen-bond acceptors (Lipinski definition) is 3. The third-order valence-corrected chi connectivity index (χ3v) is 4.02. The number of nitrogens with two attached hydrogens (primary N) is 1. The lowest BCUT2D eigenvalue weighted by atomic mass is 9.81. The van der Waals surface area contributed by atoms with E-state index in [2.05, 4.69) is 6.07 Å². The molecule has 1 atom stereocenters. The second-order valence-electron chi connectivity index (χ2n) is 4.12. The van der Waals surface area contributed by atoms with E-state index in [1.54, 1.807) is 11.3 Å². The fraction of sp³-hybridized carbons (Fsp3) is 0.583. The maximum Gasteiger partial charge on any atom is 0.140 e. The summed E-state index contributed by atoms with van der Waals surface area (Å²) in [6, 6.07) is 4.09. The van der Waals surface area contributed by atoms with E-state index in [0.29, 0.717) is 18.7 Å². The molecule has 1 aromatic rings. The predicted molar refractivity (Wildman–Crippen MR) is 65.1 cm³/mol. The van der Waals surface area contributed by atoms with Crippen molar-refractivity contribution in [3.8, 4) is 0 Å². The van der Waals surface area contributed by atoms with Crippen LogP contribution in [0.15, 0.2) is 17.5 Å². The first-order valence-corrected chi connectivity index (χ1v) is 6.26. The van der Waals surface area contributed by atoms with Crippen molar-refractivity contribution < 1.29 is 4.79 Å². The number of carbonyl (C=O) groups is 1. The van der Waals surface area contributed by atoms with Crippen LogP contribution < -0.4 is 5.73 Å². The average Bonchev–Trinajstić information content (AvgIpc) is 2.77. The number of thiophene rings is 1. The minimum Gasteiger partial charge on any atom is -0.329 e. The van der Waals surface area contributed by atoms with Gasteiger partial charge in [0.05, 0.1) is 0 Å². The zero-order valence-corrected chi connectivity index (χ0v) is 10.3. The highest BCUT2D eigenvalue weighted by atomic mass is 32.1. The van der Waals surface area contributed by atoms with Crippen LogP contribution in [0.1, 0.15) is 31.6 Å². The molecular formula is C12H19NOS. The monoisotopic (exact) mass is 225 g/mol. The van der Waals surface area contributed by atoms with Crippen molar-refractivity contribution >= 4 is 17.1 Å². The molecule has 0 bridgehead atoms. The van der Waals surface area contributed by atoms with E-state index >= 15 is 0 Å². The van der Waals surface area contributed by atoms with Gasteiger partial charge in [-0.2, -0.15) is 0 Å². The van der Waals surface area contributed by atoms with Crippen molar-refractivity contribution in [1.29, 1.82) is 0 Å². The minimum atomic E-state index is -0.322. The van der Waals surface area contributed by atoms with Crippen LogP contribution in [-0.4, -0.2) is 12.3 Å². The Morgan fingerprint density at radius 3 is 2.80 bits per heavy atom. The molecule has 0 aromatic carbocycles. The zero-order valence-electron chi connectivity index (χ0n) is 9.45. The molecule has 1 rings (SSSR count). The van der Waals surface area contributed by atoms with Gasteiger partial charge in [0.25, 0.3) is 0 Å². The van der Waals surface area contributed by atoms with Crippen LogP contribution in [0.5, 0.6) is 0 Å². The summed E-state index contributed by atoms with van der Waals surface area (Å²) < 4.78 is 0. The van der Waals surface area contributed by atoms with Crippen LogP contribution in [0, 0.1) is 5.41 Å². The van der Waals surface area contributed by atoms with Crippen molar-refractivity contribution in [2.45, 2.75) is 33.1 Å². The molecule has 0 spiro atoms. The number of hydrogen-bond donors (Lipinski definition) is 1. The second kappa shape index (κ2) is 5.42. The van der Waals surface area contributed by atoms with Crippen LogP contribution in [0.3, 0.4) is 0 Å². The molecule has 3 heteroatoms. The van der Waals surface area contributed by atoms with Crippen LogP contribution in [-0.2, 0) is 11.2 Å². The summed E-state index contributed by atoms with van der Waals surface area (Å²) in [6.07, 6.45) is 2.29. The molecule has 0 aliphatic heterocycles. The highest BCUT2D eigenvalue weighted by Crippen LogP contribution is 2.23. The molecule has 1 unspecified atom stereocenters. The lowest BCUT2D eigenvalue weighted by molar-refractivity contribution is -0.127. The molecule has 0 amide bonds. The van der Waals surface area contributed by atoms with E-state index in [4.69, 9.17) is 5.73 Å². The molecule has 0 aliphatic rings. The first kappa shape index (κ1) is 12.4. The maximum absolute atomic E-state index is 11.9. The van der Waals surface area contributed by atoms with Gasteiger partial charge >= 0.3 is 0 Å². The molecule has 0 fully saturated rings. The SMILES string of the molecule is CCC(C)(CN)C(=O)CCc1cccs1. The number of Topliss-reactive ketones (excluding diaryl/α,β-unsaturated/α-hetero) is 1. The van der Waals surface area contributed by atoms with E-state index in [1.165, 1.54) is 4.88 Å². The van der Waals surface area contributed by atoms with Crippen LogP contribution >= 0.6 is 11.3 Å². The minimum absolute atomic E-state index is 0.293. The Kier molecular flexibility index (Phi) is 4.48. The quantitative estimate of drug-likeness (QED) is 0.808. The Balaban J connectivity index is 2.48. The standard InChI is InChI=1S/C12H19NOS/c1-3-12(2,9-13)11(14)7-6-10-5-4-8-15-10/h4-5,8H,3,6-7,9,13H2,1-2H3. The highest BCUT2D eigenvalue weighted by molar-refractivity contribution is 7.09. The van der Waals surface area contributed by atoms with Gasteiger partial charge in [0, 0.05) is 23.3 Å². The predicted octanol–water partition coefficient (Wildman–Crippen LogP) is 2.62. The third-order valence-electron chi connectivity index (χ3n) is 3.08. The summed E-state index contributed by atoms with van der Waals surface area (Å²) in [7, 11) is 0. The van der Waals surface area contributed by atoms with Crippen molar-refractivity contribution in [2.24, 2.45) is 11.1 Å². The molecule has 15 heavy (non-hydrogen) atoms. The number of carbonyl (C=O) groups excluding carboxylic acids is 1. The summed E-state index contributed by atoms with van der Waals surface area (Å²) in [4.78, 5) is 13.2. The first-order chi connectivity index (χ1) is 7.12. The smallest absolute Gasteiger partial charge is 0.140 e. The molecule has 0 aliphatic carbocycles. The molecule has 0 saturated heterocycles. The van der Waals surface area contributed by atoms with E-state index in [0.717, 1.165) is 12.8 Å². The van der Waals surface area contributed by atoms with Gasteiger partial charge in [-0.3, -0.25) is 4.79 Å². The van der Waals surface area contributed by atoms with Gasteiger partial charge in [0.15, 0.2) is 0 Å². The summed E-state index contributed by atoms with van der Waals surface area (Å²) in [5.74, 6) is 0.293. The van der Waals surface area contributed by atoms with Gasteiger partial charge in [0.1, 0.15) is 5.78 Å². The Hall–Kier alpha value is -0.670. The van der Waals surface area contributed by atoms with E-state index < -0.39 is 0 Å². The van der Waals surface area contributed by atoms with E-state index in [-0.39, 0.29) is 5.41 Å². The Bertz CT molecular complexity index is 301. The van der Waals surface area contributed by atoms with Crippen molar-refractivity contribution in [3.05, 3.63) is 22.4 Å². The number of aryl methyl sites for hydroxylation is 1. The van der Waals surface area contributed by atoms with Crippen molar-refractivity contribution in [1.82, 2.24) is 0 Å². The molecule has 1 heterocycles. The fourth-order valence-corrected chi connectivity index (χ4v) is 2.16. The zero-order chi connectivity index (χ0) is 11.3. The van der Waals surface area contributed by atoms with E-state index in [1.807, 2.05) is 25.3 Å². The highest BCUT2D eigenvalue weighted by Gasteiger charge is 2.28. The molecule has 0 saturated carbocycles. The van der Waals surface area contributed by atoms with Crippen LogP contribution in [0.25, 0.3) is 0 Å². The van der Waals surface area contributed by atoms with Gasteiger partial charge in [-0.05, 0) is 24.3 Å². The summed E-state index contributed by atoms with van der Waals surface area (Å²) in [6.45, 7) is 4.44. The largest absolute Gasteiger partial charge is 0.329 e. The van der Waals surface area contributed by atoms with Gasteiger partial charge < -0.3 is 5.73 Å². The first-order valence-electron chi connectivity index (χ1n) is 5.38. The van der Waals surface area contributed by atoms with Crippen LogP contribution in [0.4, 0.5) is 0 Å². The normalized spacial score (nSPS) is 14.9. The fourth-order valence-electron chi connectivity index (χ4n) is 1.45. The third kappa shape index (κ3) is 3.14. The second-order valence-corrected chi connectivity index (χ2v) is 5.15. The molecule has 2 N–H and O–H groups in total. The lowest BCUT2D eigenvalue weighted by Crippen LogP contribution is -2.35. The summed E-state index contributed by atoms with van der Waals surface area (Å²) in [5, 5.41) is 2.04. The molecule has 1 aromatic heterocycles. The van der Waals surface area contributed by atoms with Crippen LogP contribution in [0.2, 0.25) is 0 Å². The molecule has 0 radical (unpaired) electrons. The van der Waals surface area contributed by atoms with Gasteiger partial charge in [-0.25, -0.2) is 0 Å².